The topological polar surface area (TPSA) is 42.9 Å². The van der Waals surface area contributed by atoms with Crippen molar-refractivity contribution in [3.63, 3.8) is 0 Å². The summed E-state index contributed by atoms with van der Waals surface area (Å²) in [4.78, 5) is 9.83. The SMILES string of the molecule is CCNC(=NCC1CCN(C)C1)NCCCN1CCCCC1C. The Bertz CT molecular complexity index is 357. The molecule has 2 aliphatic heterocycles. The molecular weight excluding hydrogens is 286 g/mol. The fourth-order valence-corrected chi connectivity index (χ4v) is 3.72. The molecule has 2 fully saturated rings. The van der Waals surface area contributed by atoms with Crippen LogP contribution in [0.5, 0.6) is 0 Å². The van der Waals surface area contributed by atoms with Crippen molar-refractivity contribution in [1.29, 1.82) is 0 Å². The largest absolute Gasteiger partial charge is 0.357 e. The minimum atomic E-state index is 0.727. The van der Waals surface area contributed by atoms with Crippen LogP contribution in [0.3, 0.4) is 0 Å². The maximum Gasteiger partial charge on any atom is 0.191 e. The number of hydrogen-bond acceptors (Lipinski definition) is 3. The van der Waals surface area contributed by atoms with Gasteiger partial charge in [-0.05, 0) is 65.6 Å². The van der Waals surface area contributed by atoms with Gasteiger partial charge in [-0.25, -0.2) is 0 Å². The number of nitrogens with zero attached hydrogens (tertiary/aromatic N) is 3. The highest BCUT2D eigenvalue weighted by atomic mass is 15.2. The van der Waals surface area contributed by atoms with Crippen LogP contribution in [0.2, 0.25) is 0 Å². The molecule has 0 radical (unpaired) electrons. The summed E-state index contributed by atoms with van der Waals surface area (Å²) in [7, 11) is 2.20. The first kappa shape index (κ1) is 18.5. The molecule has 5 heteroatoms. The van der Waals surface area contributed by atoms with E-state index in [2.05, 4.69) is 41.3 Å². The Kier molecular flexibility index (Phi) is 8.17. The van der Waals surface area contributed by atoms with Crippen LogP contribution < -0.4 is 10.6 Å². The van der Waals surface area contributed by atoms with E-state index in [1.54, 1.807) is 0 Å². The number of hydrogen-bond donors (Lipinski definition) is 2. The molecule has 0 aromatic rings. The maximum absolute atomic E-state index is 4.78. The Labute approximate surface area is 142 Å². The fraction of sp³-hybridized carbons (Fsp3) is 0.944. The molecule has 134 valence electrons. The van der Waals surface area contributed by atoms with Crippen LogP contribution in [0.1, 0.15) is 46.0 Å². The van der Waals surface area contributed by atoms with Crippen LogP contribution in [0, 0.1) is 5.92 Å². The first-order valence-corrected chi connectivity index (χ1v) is 9.63. The first-order chi connectivity index (χ1) is 11.2. The summed E-state index contributed by atoms with van der Waals surface area (Å²) in [5.74, 6) is 1.72. The minimum absolute atomic E-state index is 0.727. The Balaban J connectivity index is 1.65. The van der Waals surface area contributed by atoms with Gasteiger partial charge in [0.25, 0.3) is 0 Å². The van der Waals surface area contributed by atoms with E-state index in [-0.39, 0.29) is 0 Å². The van der Waals surface area contributed by atoms with Gasteiger partial charge in [-0.15, -0.1) is 0 Å². The van der Waals surface area contributed by atoms with Crippen molar-refractivity contribution < 1.29 is 0 Å². The molecule has 2 rings (SSSR count). The molecule has 0 bridgehead atoms. The van der Waals surface area contributed by atoms with Gasteiger partial charge in [0.05, 0.1) is 0 Å². The van der Waals surface area contributed by atoms with Gasteiger partial charge < -0.3 is 20.4 Å². The predicted molar refractivity (Wildman–Crippen MR) is 99.1 cm³/mol. The zero-order valence-corrected chi connectivity index (χ0v) is 15.5. The molecule has 2 unspecified atom stereocenters. The zero-order valence-electron chi connectivity index (χ0n) is 15.5. The quantitative estimate of drug-likeness (QED) is 0.426. The Morgan fingerprint density at radius 1 is 1.17 bits per heavy atom. The molecule has 0 saturated carbocycles. The summed E-state index contributed by atoms with van der Waals surface area (Å²) < 4.78 is 0. The van der Waals surface area contributed by atoms with Crippen LogP contribution in [-0.2, 0) is 0 Å². The predicted octanol–water partition coefficient (Wildman–Crippen LogP) is 1.76. The van der Waals surface area contributed by atoms with Crippen LogP contribution in [0.15, 0.2) is 4.99 Å². The van der Waals surface area contributed by atoms with Crippen molar-refractivity contribution in [1.82, 2.24) is 20.4 Å². The molecule has 0 aromatic heterocycles. The van der Waals surface area contributed by atoms with Gasteiger partial charge in [0.15, 0.2) is 5.96 Å². The minimum Gasteiger partial charge on any atom is -0.357 e. The molecule has 2 atom stereocenters. The van der Waals surface area contributed by atoms with Gasteiger partial charge in [0.2, 0.25) is 0 Å². The van der Waals surface area contributed by atoms with Crippen molar-refractivity contribution in [2.24, 2.45) is 10.9 Å². The number of aliphatic imine (C=N–C) groups is 1. The molecule has 2 saturated heterocycles. The van der Waals surface area contributed by atoms with Crippen molar-refractivity contribution in [2.75, 3.05) is 52.9 Å². The lowest BCUT2D eigenvalue weighted by molar-refractivity contribution is 0.159. The van der Waals surface area contributed by atoms with E-state index >= 15 is 0 Å². The monoisotopic (exact) mass is 323 g/mol. The molecule has 2 aliphatic rings. The summed E-state index contributed by atoms with van der Waals surface area (Å²) in [6.45, 7) is 12.3. The van der Waals surface area contributed by atoms with E-state index in [0.717, 1.165) is 37.6 Å². The van der Waals surface area contributed by atoms with Gasteiger partial charge in [-0.3, -0.25) is 4.99 Å². The van der Waals surface area contributed by atoms with Crippen molar-refractivity contribution >= 4 is 5.96 Å². The summed E-state index contributed by atoms with van der Waals surface area (Å²) in [6.07, 6.45) is 6.63. The number of guanidine groups is 1. The molecule has 0 aromatic carbocycles. The van der Waals surface area contributed by atoms with Crippen LogP contribution in [0.4, 0.5) is 0 Å². The van der Waals surface area contributed by atoms with Crippen molar-refractivity contribution in [2.45, 2.75) is 52.0 Å². The van der Waals surface area contributed by atoms with E-state index in [9.17, 15) is 0 Å². The third kappa shape index (κ3) is 6.68. The van der Waals surface area contributed by atoms with Gasteiger partial charge in [-0.2, -0.15) is 0 Å². The highest BCUT2D eigenvalue weighted by Crippen LogP contribution is 2.16. The summed E-state index contributed by atoms with van der Waals surface area (Å²) >= 11 is 0. The Hall–Kier alpha value is -0.810. The van der Waals surface area contributed by atoms with Crippen LogP contribution in [-0.4, -0.2) is 74.7 Å². The summed E-state index contributed by atoms with van der Waals surface area (Å²) in [6, 6.07) is 0.769. The lowest BCUT2D eigenvalue weighted by atomic mass is 10.0. The fourth-order valence-electron chi connectivity index (χ4n) is 3.72. The summed E-state index contributed by atoms with van der Waals surface area (Å²) in [5.41, 5.74) is 0. The number of rotatable bonds is 7. The molecule has 23 heavy (non-hydrogen) atoms. The summed E-state index contributed by atoms with van der Waals surface area (Å²) in [5, 5.41) is 6.89. The first-order valence-electron chi connectivity index (χ1n) is 9.63. The Morgan fingerprint density at radius 2 is 2.04 bits per heavy atom. The van der Waals surface area contributed by atoms with Gasteiger partial charge in [0.1, 0.15) is 0 Å². The lowest BCUT2D eigenvalue weighted by Gasteiger charge is -2.33. The average Bonchev–Trinajstić information content (AvgIpc) is 2.96. The van der Waals surface area contributed by atoms with Gasteiger partial charge in [0, 0.05) is 38.8 Å². The highest BCUT2D eigenvalue weighted by Gasteiger charge is 2.19. The lowest BCUT2D eigenvalue weighted by Crippen LogP contribution is -2.41. The van der Waals surface area contributed by atoms with E-state index in [1.807, 2.05) is 0 Å². The van der Waals surface area contributed by atoms with Gasteiger partial charge in [-0.1, -0.05) is 6.42 Å². The van der Waals surface area contributed by atoms with E-state index in [0.29, 0.717) is 0 Å². The van der Waals surface area contributed by atoms with Crippen molar-refractivity contribution in [3.8, 4) is 0 Å². The molecule has 2 heterocycles. The van der Waals surface area contributed by atoms with E-state index < -0.39 is 0 Å². The second-order valence-corrected chi connectivity index (χ2v) is 7.30. The molecule has 2 N–H and O–H groups in total. The third-order valence-corrected chi connectivity index (χ3v) is 5.20. The smallest absolute Gasteiger partial charge is 0.191 e. The second-order valence-electron chi connectivity index (χ2n) is 7.30. The number of nitrogens with one attached hydrogen (secondary N) is 2. The van der Waals surface area contributed by atoms with Crippen molar-refractivity contribution in [3.05, 3.63) is 0 Å². The standard InChI is InChI=1S/C18H37N5/c1-4-19-18(21-14-17-9-13-22(3)15-17)20-10-7-12-23-11-6-5-8-16(23)2/h16-17H,4-15H2,1-3H3,(H2,19,20,21). The molecule has 0 aliphatic carbocycles. The zero-order chi connectivity index (χ0) is 16.5. The number of piperidine rings is 1. The highest BCUT2D eigenvalue weighted by molar-refractivity contribution is 5.79. The van der Waals surface area contributed by atoms with E-state index in [1.165, 1.54) is 58.3 Å². The Morgan fingerprint density at radius 3 is 2.74 bits per heavy atom. The molecule has 5 nitrogen and oxygen atoms in total. The molecule has 0 amide bonds. The van der Waals surface area contributed by atoms with Crippen LogP contribution in [0.25, 0.3) is 0 Å². The number of likely N-dealkylation sites (tertiary alicyclic amines) is 2. The van der Waals surface area contributed by atoms with E-state index in [4.69, 9.17) is 4.99 Å². The van der Waals surface area contributed by atoms with Crippen LogP contribution >= 0.6 is 0 Å². The molecule has 0 spiro atoms. The maximum atomic E-state index is 4.78. The average molecular weight is 324 g/mol. The molecular formula is C18H37N5. The van der Waals surface area contributed by atoms with Gasteiger partial charge >= 0.3 is 0 Å². The second kappa shape index (κ2) is 10.1. The third-order valence-electron chi connectivity index (χ3n) is 5.20. The normalized spacial score (nSPS) is 27.3.